The third-order valence-corrected chi connectivity index (χ3v) is 5.12. The highest BCUT2D eigenvalue weighted by atomic mass is 16.1. The molecule has 0 fully saturated rings. The number of benzene rings is 4. The van der Waals surface area contributed by atoms with Gasteiger partial charge in [-0.25, -0.2) is 5.10 Å². The highest BCUT2D eigenvalue weighted by Crippen LogP contribution is 2.35. The van der Waals surface area contributed by atoms with Crippen LogP contribution in [0.15, 0.2) is 114 Å². The first-order valence-corrected chi connectivity index (χ1v) is 9.79. The van der Waals surface area contributed by atoms with Crippen molar-refractivity contribution in [2.45, 2.75) is 0 Å². The molecule has 0 aliphatic carbocycles. The van der Waals surface area contributed by atoms with E-state index in [0.717, 1.165) is 33.7 Å². The molecule has 0 aliphatic heterocycles. The summed E-state index contributed by atoms with van der Waals surface area (Å²) in [5.41, 5.74) is 4.76. The molecule has 0 atom stereocenters. The topological polar surface area (TPSA) is 49.0 Å². The molecule has 4 nitrogen and oxygen atoms in total. The van der Waals surface area contributed by atoms with Crippen LogP contribution in [0.3, 0.4) is 0 Å². The summed E-state index contributed by atoms with van der Waals surface area (Å²) in [6.07, 6.45) is 0. The van der Waals surface area contributed by atoms with Gasteiger partial charge in [-0.15, -0.1) is 0 Å². The van der Waals surface area contributed by atoms with Crippen molar-refractivity contribution < 1.29 is 0 Å². The summed E-state index contributed by atoms with van der Waals surface area (Å²) in [7, 11) is 0. The van der Waals surface area contributed by atoms with Gasteiger partial charge in [-0.3, -0.25) is 4.79 Å². The van der Waals surface area contributed by atoms with E-state index in [1.165, 1.54) is 0 Å². The van der Waals surface area contributed by atoms with Crippen molar-refractivity contribution in [2.24, 2.45) is 0 Å². The largest absolute Gasteiger partial charge is 0.311 e. The Labute approximate surface area is 174 Å². The quantitative estimate of drug-likeness (QED) is 0.406. The van der Waals surface area contributed by atoms with E-state index in [9.17, 15) is 4.79 Å². The molecule has 0 unspecified atom stereocenters. The molecule has 0 bridgehead atoms. The van der Waals surface area contributed by atoms with Gasteiger partial charge in [0.05, 0.1) is 11.1 Å². The highest BCUT2D eigenvalue weighted by molar-refractivity contribution is 5.94. The molecule has 1 aromatic heterocycles. The highest BCUT2D eigenvalue weighted by Gasteiger charge is 2.13. The van der Waals surface area contributed by atoms with E-state index in [1.807, 2.05) is 72.8 Å². The molecule has 0 aliphatic rings. The van der Waals surface area contributed by atoms with Gasteiger partial charge in [-0.2, -0.15) is 5.10 Å². The number of nitrogens with zero attached hydrogens (tertiary/aromatic N) is 2. The molecule has 5 aromatic rings. The molecule has 30 heavy (non-hydrogen) atoms. The zero-order chi connectivity index (χ0) is 20.3. The Hall–Kier alpha value is -4.18. The van der Waals surface area contributed by atoms with Gasteiger partial charge in [0.25, 0.3) is 5.56 Å². The van der Waals surface area contributed by atoms with E-state index < -0.39 is 0 Å². The van der Waals surface area contributed by atoms with E-state index in [1.54, 1.807) is 0 Å². The van der Waals surface area contributed by atoms with Crippen LogP contribution in [0.2, 0.25) is 0 Å². The third-order valence-electron chi connectivity index (χ3n) is 5.12. The minimum Gasteiger partial charge on any atom is -0.311 e. The summed E-state index contributed by atoms with van der Waals surface area (Å²) in [4.78, 5) is 14.3. The second-order valence-electron chi connectivity index (χ2n) is 7.00. The third kappa shape index (κ3) is 3.25. The van der Waals surface area contributed by atoms with Crippen LogP contribution in [-0.2, 0) is 0 Å². The number of para-hydroxylation sites is 2. The zero-order valence-corrected chi connectivity index (χ0v) is 16.2. The number of rotatable bonds is 4. The second kappa shape index (κ2) is 7.68. The van der Waals surface area contributed by atoms with Crippen LogP contribution < -0.4 is 10.5 Å². The summed E-state index contributed by atoms with van der Waals surface area (Å²) in [6, 6.07) is 36.3. The summed E-state index contributed by atoms with van der Waals surface area (Å²) < 4.78 is 0. The predicted molar refractivity (Wildman–Crippen MR) is 122 cm³/mol. The first kappa shape index (κ1) is 17.9. The maximum Gasteiger partial charge on any atom is 0.272 e. The van der Waals surface area contributed by atoms with E-state index in [2.05, 4.69) is 51.5 Å². The lowest BCUT2D eigenvalue weighted by molar-refractivity contribution is 1.02. The maximum atomic E-state index is 12.1. The zero-order valence-electron chi connectivity index (χ0n) is 16.2. The molecule has 0 saturated heterocycles. The fourth-order valence-electron chi connectivity index (χ4n) is 3.70. The molecule has 0 amide bonds. The summed E-state index contributed by atoms with van der Waals surface area (Å²) in [6.45, 7) is 0. The summed E-state index contributed by atoms with van der Waals surface area (Å²) in [5.74, 6) is 0. The number of nitrogens with one attached hydrogen (secondary N) is 1. The van der Waals surface area contributed by atoms with Gasteiger partial charge in [0.15, 0.2) is 0 Å². The standard InChI is InChI=1S/C26H19N3O/c30-26-24-14-8-7-13-23(24)25(27-28-26)19-15-17-22(18-16-19)29(20-9-3-1-4-10-20)21-11-5-2-6-12-21/h1-18H,(H,28,30). The Kier molecular flexibility index (Phi) is 4.58. The van der Waals surface area contributed by atoms with Crippen molar-refractivity contribution >= 4 is 27.8 Å². The number of hydrogen-bond acceptors (Lipinski definition) is 3. The molecular formula is C26H19N3O. The van der Waals surface area contributed by atoms with E-state index >= 15 is 0 Å². The molecule has 0 saturated carbocycles. The molecule has 1 heterocycles. The smallest absolute Gasteiger partial charge is 0.272 e. The minimum absolute atomic E-state index is 0.176. The van der Waals surface area contributed by atoms with Crippen molar-refractivity contribution in [2.75, 3.05) is 4.90 Å². The van der Waals surface area contributed by atoms with Crippen molar-refractivity contribution in [3.8, 4) is 11.3 Å². The van der Waals surface area contributed by atoms with Crippen LogP contribution >= 0.6 is 0 Å². The van der Waals surface area contributed by atoms with E-state index in [-0.39, 0.29) is 5.56 Å². The molecular weight excluding hydrogens is 370 g/mol. The van der Waals surface area contributed by atoms with Gasteiger partial charge in [0.1, 0.15) is 0 Å². The van der Waals surface area contributed by atoms with Crippen molar-refractivity contribution in [1.82, 2.24) is 10.2 Å². The monoisotopic (exact) mass is 389 g/mol. The van der Waals surface area contributed by atoms with Crippen LogP contribution in [0.1, 0.15) is 0 Å². The van der Waals surface area contributed by atoms with Crippen LogP contribution in [0.4, 0.5) is 17.1 Å². The number of aromatic nitrogens is 2. The Balaban J connectivity index is 1.60. The Morgan fingerprint density at radius 1 is 0.567 bits per heavy atom. The molecule has 5 rings (SSSR count). The maximum absolute atomic E-state index is 12.1. The van der Waals surface area contributed by atoms with Crippen molar-refractivity contribution in [1.29, 1.82) is 0 Å². The van der Waals surface area contributed by atoms with Crippen LogP contribution in [0.25, 0.3) is 22.0 Å². The molecule has 1 N–H and O–H groups in total. The average molecular weight is 389 g/mol. The lowest BCUT2D eigenvalue weighted by Gasteiger charge is -2.25. The number of fused-ring (bicyclic) bond motifs is 1. The fourth-order valence-corrected chi connectivity index (χ4v) is 3.70. The number of aromatic amines is 1. The Morgan fingerprint density at radius 3 is 1.67 bits per heavy atom. The first-order valence-electron chi connectivity index (χ1n) is 9.79. The van der Waals surface area contributed by atoms with Crippen LogP contribution in [0.5, 0.6) is 0 Å². The van der Waals surface area contributed by atoms with Gasteiger partial charge in [0.2, 0.25) is 0 Å². The minimum atomic E-state index is -0.176. The normalized spacial score (nSPS) is 10.8. The lowest BCUT2D eigenvalue weighted by atomic mass is 10.0. The SMILES string of the molecule is O=c1[nH]nc(-c2ccc(N(c3ccccc3)c3ccccc3)cc2)c2ccccc12. The second-order valence-corrected chi connectivity index (χ2v) is 7.00. The lowest BCUT2D eigenvalue weighted by Crippen LogP contribution is -2.10. The molecule has 0 spiro atoms. The number of anilines is 3. The molecule has 0 radical (unpaired) electrons. The average Bonchev–Trinajstić information content (AvgIpc) is 2.82. The molecule has 4 heteroatoms. The van der Waals surface area contributed by atoms with Crippen LogP contribution in [0, 0.1) is 0 Å². The molecule has 4 aromatic carbocycles. The van der Waals surface area contributed by atoms with Crippen molar-refractivity contribution in [3.05, 3.63) is 120 Å². The summed E-state index contributed by atoms with van der Waals surface area (Å²) >= 11 is 0. The Bertz CT molecular complexity index is 1300. The summed E-state index contributed by atoms with van der Waals surface area (Å²) in [5, 5.41) is 8.42. The molecule has 144 valence electrons. The Morgan fingerprint density at radius 2 is 1.07 bits per heavy atom. The predicted octanol–water partition coefficient (Wildman–Crippen LogP) is 6.06. The van der Waals surface area contributed by atoms with Gasteiger partial charge >= 0.3 is 0 Å². The van der Waals surface area contributed by atoms with Gasteiger partial charge in [-0.05, 0) is 42.5 Å². The van der Waals surface area contributed by atoms with E-state index in [0.29, 0.717) is 5.39 Å². The van der Waals surface area contributed by atoms with Crippen LogP contribution in [-0.4, -0.2) is 10.2 Å². The van der Waals surface area contributed by atoms with Gasteiger partial charge < -0.3 is 4.90 Å². The number of hydrogen-bond donors (Lipinski definition) is 1. The number of H-pyrrole nitrogens is 1. The van der Waals surface area contributed by atoms with Gasteiger partial charge in [0, 0.05) is 28.0 Å². The van der Waals surface area contributed by atoms with Crippen molar-refractivity contribution in [3.63, 3.8) is 0 Å². The van der Waals surface area contributed by atoms with Gasteiger partial charge in [-0.1, -0.05) is 66.7 Å². The first-order chi connectivity index (χ1) is 14.8. The fraction of sp³-hybridized carbons (Fsp3) is 0. The van der Waals surface area contributed by atoms with E-state index in [4.69, 9.17) is 0 Å².